The minimum Gasteiger partial charge on any atom is -0.364 e. The molecule has 80 valence electrons. The topological polar surface area (TPSA) is 83.6 Å². The molecular weight excluding hydrogens is 198 g/mol. The summed E-state index contributed by atoms with van der Waals surface area (Å²) in [5.74, 6) is 0. The zero-order chi connectivity index (χ0) is 11.4. The molecule has 0 atom stereocenters. The molecule has 5 nitrogen and oxygen atoms in total. The summed E-state index contributed by atoms with van der Waals surface area (Å²) >= 11 is 0. The van der Waals surface area contributed by atoms with E-state index in [9.17, 15) is 10.1 Å². The number of aliphatic hydroxyl groups excluding tert-OH is 1. The van der Waals surface area contributed by atoms with Gasteiger partial charge in [-0.3, -0.25) is 10.1 Å². The molecule has 1 aromatic carbocycles. The molecule has 0 aliphatic carbocycles. The van der Waals surface area contributed by atoms with Gasteiger partial charge in [-0.1, -0.05) is 24.3 Å². The first-order valence-electron chi connectivity index (χ1n) is 4.29. The summed E-state index contributed by atoms with van der Waals surface area (Å²) in [5.41, 5.74) is 1.03. The molecule has 0 radical (unpaired) electrons. The molecule has 0 heterocycles. The Balaban J connectivity index is 2.90. The number of nitro groups is 1. The average molecular weight is 209 g/mol. The zero-order valence-electron chi connectivity index (χ0n) is 8.12. The highest BCUT2D eigenvalue weighted by Crippen LogP contribution is 2.13. The molecule has 0 aliphatic rings. The maximum absolute atomic E-state index is 10.3. The van der Waals surface area contributed by atoms with Crippen molar-refractivity contribution in [3.63, 3.8) is 0 Å². The van der Waals surface area contributed by atoms with Gasteiger partial charge in [-0.05, 0) is 5.56 Å². The van der Waals surface area contributed by atoms with Crippen LogP contribution in [-0.4, -0.2) is 15.1 Å². The summed E-state index contributed by atoms with van der Waals surface area (Å²) in [4.78, 5) is 9.86. The van der Waals surface area contributed by atoms with Crippen LogP contribution in [0.15, 0.2) is 30.0 Å². The Morgan fingerprint density at radius 3 is 2.33 bits per heavy atom. The molecular formula is C10H11NO4. The van der Waals surface area contributed by atoms with Crippen molar-refractivity contribution in [1.29, 1.82) is 0 Å². The van der Waals surface area contributed by atoms with Gasteiger partial charge in [0, 0.05) is 18.6 Å². The number of allylic oxidation sites excluding steroid dienone is 1. The molecule has 1 aromatic rings. The third-order valence-corrected chi connectivity index (χ3v) is 1.90. The van der Waals surface area contributed by atoms with Gasteiger partial charge in [-0.2, -0.15) is 0 Å². The van der Waals surface area contributed by atoms with Gasteiger partial charge in [0.1, 0.15) is 0 Å². The molecule has 0 bridgehead atoms. The molecule has 0 amide bonds. The van der Waals surface area contributed by atoms with Crippen LogP contribution in [0.25, 0.3) is 6.08 Å². The van der Waals surface area contributed by atoms with E-state index in [4.69, 9.17) is 10.2 Å². The minimum atomic E-state index is -1.51. The van der Waals surface area contributed by atoms with Crippen LogP contribution in [0.4, 0.5) is 0 Å². The van der Waals surface area contributed by atoms with Crippen molar-refractivity contribution in [3.05, 3.63) is 51.2 Å². The van der Waals surface area contributed by atoms with Gasteiger partial charge in [0.15, 0.2) is 6.29 Å². The predicted molar refractivity (Wildman–Crippen MR) is 54.3 cm³/mol. The molecule has 0 saturated carbocycles. The van der Waals surface area contributed by atoms with Gasteiger partial charge in [-0.25, -0.2) is 0 Å². The van der Waals surface area contributed by atoms with E-state index in [2.05, 4.69) is 0 Å². The summed E-state index contributed by atoms with van der Waals surface area (Å²) in [6.07, 6.45) is -0.104. The van der Waals surface area contributed by atoms with Crippen molar-refractivity contribution in [2.45, 2.75) is 13.2 Å². The maximum Gasteiger partial charge on any atom is 0.243 e. The van der Waals surface area contributed by atoms with Crippen LogP contribution in [-0.2, 0) is 0 Å². The molecule has 0 aromatic heterocycles. The van der Waals surface area contributed by atoms with Crippen LogP contribution in [0.1, 0.15) is 24.3 Å². The van der Waals surface area contributed by atoms with Gasteiger partial charge in [0.05, 0.1) is 4.92 Å². The van der Waals surface area contributed by atoms with E-state index in [1.165, 1.54) is 25.1 Å². The van der Waals surface area contributed by atoms with Gasteiger partial charge in [0.2, 0.25) is 5.70 Å². The molecule has 0 saturated heterocycles. The lowest BCUT2D eigenvalue weighted by Gasteiger charge is -2.02. The second-order valence-electron chi connectivity index (χ2n) is 3.08. The van der Waals surface area contributed by atoms with Crippen molar-refractivity contribution in [2.24, 2.45) is 0 Å². The Morgan fingerprint density at radius 2 is 1.93 bits per heavy atom. The summed E-state index contributed by atoms with van der Waals surface area (Å²) in [7, 11) is 0. The highest BCUT2D eigenvalue weighted by molar-refractivity contribution is 5.51. The van der Waals surface area contributed by atoms with Gasteiger partial charge in [-0.15, -0.1) is 0 Å². The van der Waals surface area contributed by atoms with Crippen molar-refractivity contribution >= 4 is 6.08 Å². The van der Waals surface area contributed by atoms with E-state index in [1.807, 2.05) is 0 Å². The smallest absolute Gasteiger partial charge is 0.243 e. The summed E-state index contributed by atoms with van der Waals surface area (Å²) in [6.45, 7) is 1.40. The standard InChI is InChI=1S/C10H11NO4/c1-7(11(14)15)6-8-2-4-9(5-3-8)10(12)13/h2-6,10,12-13H,1H3. The predicted octanol–water partition coefficient (Wildman–Crippen LogP) is 1.31. The highest BCUT2D eigenvalue weighted by Gasteiger charge is 2.04. The van der Waals surface area contributed by atoms with Crippen LogP contribution in [0, 0.1) is 10.1 Å². The van der Waals surface area contributed by atoms with Gasteiger partial charge in [0.25, 0.3) is 0 Å². The van der Waals surface area contributed by atoms with Crippen LogP contribution in [0.3, 0.4) is 0 Å². The van der Waals surface area contributed by atoms with Crippen molar-refractivity contribution < 1.29 is 15.1 Å². The lowest BCUT2D eigenvalue weighted by atomic mass is 10.1. The molecule has 0 unspecified atom stereocenters. The van der Waals surface area contributed by atoms with E-state index in [-0.39, 0.29) is 5.70 Å². The largest absolute Gasteiger partial charge is 0.364 e. The Hall–Kier alpha value is -1.72. The SMILES string of the molecule is CC(=Cc1ccc(C(O)O)cc1)[N+](=O)[O-]. The molecule has 15 heavy (non-hydrogen) atoms. The van der Waals surface area contributed by atoms with E-state index in [1.54, 1.807) is 12.1 Å². The second kappa shape index (κ2) is 4.68. The van der Waals surface area contributed by atoms with Crippen LogP contribution < -0.4 is 0 Å². The number of aliphatic hydroxyl groups is 2. The third kappa shape index (κ3) is 3.16. The minimum absolute atomic E-state index is 0.0345. The summed E-state index contributed by atoms with van der Waals surface area (Å²) in [6, 6.07) is 6.18. The number of nitrogens with zero attached hydrogens (tertiary/aromatic N) is 1. The average Bonchev–Trinajstić information content (AvgIpc) is 2.18. The molecule has 0 aliphatic heterocycles. The molecule has 5 heteroatoms. The van der Waals surface area contributed by atoms with Gasteiger partial charge >= 0.3 is 0 Å². The molecule has 0 spiro atoms. The number of hydrogen-bond donors (Lipinski definition) is 2. The molecule has 0 fully saturated rings. The van der Waals surface area contributed by atoms with E-state index in [0.717, 1.165) is 0 Å². The Morgan fingerprint density at radius 1 is 1.40 bits per heavy atom. The van der Waals surface area contributed by atoms with Crippen molar-refractivity contribution in [1.82, 2.24) is 0 Å². The van der Waals surface area contributed by atoms with E-state index in [0.29, 0.717) is 11.1 Å². The fraction of sp³-hybridized carbons (Fsp3) is 0.200. The molecule has 2 N–H and O–H groups in total. The first-order valence-corrected chi connectivity index (χ1v) is 4.29. The zero-order valence-corrected chi connectivity index (χ0v) is 8.12. The highest BCUT2D eigenvalue weighted by atomic mass is 16.6. The fourth-order valence-electron chi connectivity index (χ4n) is 1.06. The van der Waals surface area contributed by atoms with E-state index >= 15 is 0 Å². The third-order valence-electron chi connectivity index (χ3n) is 1.90. The first kappa shape index (κ1) is 11.4. The quantitative estimate of drug-likeness (QED) is 0.446. The van der Waals surface area contributed by atoms with Crippen LogP contribution in [0.5, 0.6) is 0 Å². The van der Waals surface area contributed by atoms with Crippen molar-refractivity contribution in [2.75, 3.05) is 0 Å². The number of hydrogen-bond acceptors (Lipinski definition) is 4. The Bertz CT molecular complexity index is 381. The lowest BCUT2D eigenvalue weighted by Crippen LogP contribution is -1.95. The van der Waals surface area contributed by atoms with Gasteiger partial charge < -0.3 is 10.2 Å². The molecule has 1 rings (SSSR count). The normalized spacial score (nSPS) is 11.9. The van der Waals surface area contributed by atoms with Crippen LogP contribution >= 0.6 is 0 Å². The second-order valence-corrected chi connectivity index (χ2v) is 3.08. The summed E-state index contributed by atoms with van der Waals surface area (Å²) < 4.78 is 0. The lowest BCUT2D eigenvalue weighted by molar-refractivity contribution is -0.422. The number of benzene rings is 1. The number of rotatable bonds is 3. The van der Waals surface area contributed by atoms with Crippen LogP contribution in [0.2, 0.25) is 0 Å². The summed E-state index contributed by atoms with van der Waals surface area (Å²) in [5, 5.41) is 28.0. The maximum atomic E-state index is 10.3. The first-order chi connectivity index (χ1) is 7.00. The van der Waals surface area contributed by atoms with Crippen molar-refractivity contribution in [3.8, 4) is 0 Å². The fourth-order valence-corrected chi connectivity index (χ4v) is 1.06. The Labute approximate surface area is 86.4 Å². The monoisotopic (exact) mass is 209 g/mol. The Kier molecular flexibility index (Phi) is 3.54. The van der Waals surface area contributed by atoms with E-state index < -0.39 is 11.2 Å².